The maximum absolute atomic E-state index is 12.2. The van der Waals surface area contributed by atoms with Crippen LogP contribution in [0.3, 0.4) is 0 Å². The third-order valence-electron chi connectivity index (χ3n) is 3.41. The highest BCUT2D eigenvalue weighted by Gasteiger charge is 2.14. The van der Waals surface area contributed by atoms with Gasteiger partial charge in [-0.05, 0) is 51.0 Å². The summed E-state index contributed by atoms with van der Waals surface area (Å²) in [6.07, 6.45) is 0. The first-order valence-electron chi connectivity index (χ1n) is 6.45. The molecule has 0 radical (unpaired) electrons. The normalized spacial score (nSPS) is 10.4. The number of carbonyl (C=O) groups is 1. The van der Waals surface area contributed by atoms with Crippen LogP contribution in [0.25, 0.3) is 0 Å². The quantitative estimate of drug-likeness (QED) is 0.880. The zero-order valence-electron chi connectivity index (χ0n) is 12.1. The number of anilines is 1. The Kier molecular flexibility index (Phi) is 3.74. The van der Waals surface area contributed by atoms with Crippen LogP contribution in [0.4, 0.5) is 5.82 Å². The molecule has 104 valence electrons. The van der Waals surface area contributed by atoms with Crippen LogP contribution in [0, 0.1) is 27.7 Å². The van der Waals surface area contributed by atoms with Gasteiger partial charge in [0.15, 0.2) is 0 Å². The summed E-state index contributed by atoms with van der Waals surface area (Å²) in [7, 11) is 0. The lowest BCUT2D eigenvalue weighted by atomic mass is 10.1. The second-order valence-corrected chi connectivity index (χ2v) is 4.97. The van der Waals surface area contributed by atoms with E-state index in [1.54, 1.807) is 13.0 Å². The lowest BCUT2D eigenvalue weighted by molar-refractivity contribution is 0.102. The Bertz CT molecular complexity index is 678. The Morgan fingerprint density at radius 1 is 1.15 bits per heavy atom. The molecule has 0 unspecified atom stereocenters. The second-order valence-electron chi connectivity index (χ2n) is 4.97. The molecule has 0 aliphatic rings. The third-order valence-corrected chi connectivity index (χ3v) is 3.41. The molecular formula is C16H18N2O2. The maximum atomic E-state index is 12.2. The number of hydrogen-bond acceptors (Lipinski definition) is 3. The first kappa shape index (κ1) is 14.1. The Labute approximate surface area is 118 Å². The first-order valence-corrected chi connectivity index (χ1v) is 6.45. The summed E-state index contributed by atoms with van der Waals surface area (Å²) in [6, 6.07) is 7.37. The van der Waals surface area contributed by atoms with Gasteiger partial charge in [0.1, 0.15) is 11.6 Å². The fourth-order valence-corrected chi connectivity index (χ4v) is 2.02. The van der Waals surface area contributed by atoms with Gasteiger partial charge in [-0.2, -0.15) is 0 Å². The number of pyridine rings is 1. The standard InChI is InChI=1S/C16H18N2O2/c1-9-6-5-7-13(8-9)16(20)18-15-11(3)10(2)14(19)12(4)17-15/h5-8,19H,1-4H3,(H,17,18,20). The van der Waals surface area contributed by atoms with E-state index in [2.05, 4.69) is 10.3 Å². The maximum Gasteiger partial charge on any atom is 0.256 e. The number of hydrogen-bond donors (Lipinski definition) is 2. The van der Waals surface area contributed by atoms with Crippen molar-refractivity contribution in [2.75, 3.05) is 5.32 Å². The largest absolute Gasteiger partial charge is 0.506 e. The number of carbonyl (C=O) groups excluding carboxylic acids is 1. The molecule has 0 aliphatic heterocycles. The lowest BCUT2D eigenvalue weighted by Gasteiger charge is -2.13. The monoisotopic (exact) mass is 270 g/mol. The molecule has 0 fully saturated rings. The summed E-state index contributed by atoms with van der Waals surface area (Å²) in [5.74, 6) is 0.467. The summed E-state index contributed by atoms with van der Waals surface area (Å²) in [5, 5.41) is 12.6. The van der Waals surface area contributed by atoms with E-state index in [1.165, 1.54) is 0 Å². The molecule has 0 spiro atoms. The van der Waals surface area contributed by atoms with Crippen LogP contribution >= 0.6 is 0 Å². The molecule has 0 bridgehead atoms. The molecule has 0 atom stereocenters. The van der Waals surface area contributed by atoms with Gasteiger partial charge in [0.05, 0.1) is 5.69 Å². The molecule has 1 amide bonds. The van der Waals surface area contributed by atoms with E-state index in [4.69, 9.17) is 0 Å². The fourth-order valence-electron chi connectivity index (χ4n) is 2.02. The number of nitrogens with zero attached hydrogens (tertiary/aromatic N) is 1. The van der Waals surface area contributed by atoms with Crippen molar-refractivity contribution in [3.63, 3.8) is 0 Å². The van der Waals surface area contributed by atoms with Crippen LogP contribution in [-0.2, 0) is 0 Å². The molecule has 2 rings (SSSR count). The van der Waals surface area contributed by atoms with Crippen LogP contribution in [0.15, 0.2) is 24.3 Å². The van der Waals surface area contributed by atoms with Crippen molar-refractivity contribution in [3.05, 3.63) is 52.2 Å². The van der Waals surface area contributed by atoms with Gasteiger partial charge in [0.25, 0.3) is 5.91 Å². The number of nitrogens with one attached hydrogen (secondary N) is 1. The van der Waals surface area contributed by atoms with Crippen molar-refractivity contribution in [3.8, 4) is 5.75 Å². The number of aromatic nitrogens is 1. The van der Waals surface area contributed by atoms with Gasteiger partial charge in [-0.1, -0.05) is 17.7 Å². The number of aryl methyl sites for hydroxylation is 2. The van der Waals surface area contributed by atoms with Gasteiger partial charge in [0, 0.05) is 5.56 Å². The lowest BCUT2D eigenvalue weighted by Crippen LogP contribution is -2.15. The van der Waals surface area contributed by atoms with Gasteiger partial charge in [-0.25, -0.2) is 4.98 Å². The van der Waals surface area contributed by atoms with E-state index in [9.17, 15) is 9.90 Å². The van der Waals surface area contributed by atoms with Crippen LogP contribution in [0.1, 0.15) is 32.7 Å². The van der Waals surface area contributed by atoms with E-state index in [0.29, 0.717) is 17.1 Å². The van der Waals surface area contributed by atoms with Crippen molar-refractivity contribution in [2.24, 2.45) is 0 Å². The minimum Gasteiger partial charge on any atom is -0.506 e. The Balaban J connectivity index is 2.33. The fraction of sp³-hybridized carbons (Fsp3) is 0.250. The van der Waals surface area contributed by atoms with E-state index >= 15 is 0 Å². The van der Waals surface area contributed by atoms with Crippen molar-refractivity contribution in [2.45, 2.75) is 27.7 Å². The Morgan fingerprint density at radius 2 is 1.85 bits per heavy atom. The highest BCUT2D eigenvalue weighted by atomic mass is 16.3. The molecule has 4 heteroatoms. The molecule has 2 aromatic rings. The van der Waals surface area contributed by atoms with Gasteiger partial charge < -0.3 is 10.4 Å². The molecule has 1 heterocycles. The molecule has 1 aromatic carbocycles. The van der Waals surface area contributed by atoms with Gasteiger partial charge in [0.2, 0.25) is 0 Å². The highest BCUT2D eigenvalue weighted by molar-refractivity contribution is 6.04. The molecule has 0 saturated heterocycles. The van der Waals surface area contributed by atoms with Crippen LogP contribution in [0.5, 0.6) is 5.75 Å². The number of benzene rings is 1. The van der Waals surface area contributed by atoms with Crippen molar-refractivity contribution < 1.29 is 9.90 Å². The summed E-state index contributed by atoms with van der Waals surface area (Å²) in [6.45, 7) is 7.29. The van der Waals surface area contributed by atoms with Crippen molar-refractivity contribution in [1.82, 2.24) is 4.98 Å². The predicted molar refractivity (Wildman–Crippen MR) is 79.2 cm³/mol. The molecule has 0 aliphatic carbocycles. The summed E-state index contributed by atoms with van der Waals surface area (Å²) in [4.78, 5) is 16.5. The van der Waals surface area contributed by atoms with E-state index in [0.717, 1.165) is 16.7 Å². The molecule has 1 aromatic heterocycles. The van der Waals surface area contributed by atoms with Gasteiger partial charge in [-0.3, -0.25) is 4.79 Å². The second kappa shape index (κ2) is 5.33. The summed E-state index contributed by atoms with van der Waals surface area (Å²) in [5.41, 5.74) is 3.63. The van der Waals surface area contributed by atoms with Crippen LogP contribution < -0.4 is 5.32 Å². The SMILES string of the molecule is Cc1cccc(C(=O)Nc2nc(C)c(O)c(C)c2C)c1. The minimum absolute atomic E-state index is 0.177. The highest BCUT2D eigenvalue weighted by Crippen LogP contribution is 2.27. The first-order chi connectivity index (χ1) is 9.40. The molecular weight excluding hydrogens is 252 g/mol. The van der Waals surface area contributed by atoms with E-state index in [-0.39, 0.29) is 11.7 Å². The minimum atomic E-state index is -0.200. The van der Waals surface area contributed by atoms with Crippen LogP contribution in [0.2, 0.25) is 0 Å². The predicted octanol–water partition coefficient (Wildman–Crippen LogP) is 3.27. The van der Waals surface area contributed by atoms with Gasteiger partial charge >= 0.3 is 0 Å². The number of amides is 1. The Hall–Kier alpha value is -2.36. The molecule has 4 nitrogen and oxygen atoms in total. The summed E-state index contributed by atoms with van der Waals surface area (Å²) >= 11 is 0. The van der Waals surface area contributed by atoms with Gasteiger partial charge in [-0.15, -0.1) is 0 Å². The zero-order valence-corrected chi connectivity index (χ0v) is 12.1. The number of aromatic hydroxyl groups is 1. The average Bonchev–Trinajstić information content (AvgIpc) is 2.42. The van der Waals surface area contributed by atoms with Crippen molar-refractivity contribution in [1.29, 1.82) is 0 Å². The third kappa shape index (κ3) is 2.64. The average molecular weight is 270 g/mol. The topological polar surface area (TPSA) is 62.2 Å². The van der Waals surface area contributed by atoms with E-state index < -0.39 is 0 Å². The Morgan fingerprint density at radius 3 is 2.50 bits per heavy atom. The summed E-state index contributed by atoms with van der Waals surface area (Å²) < 4.78 is 0. The van der Waals surface area contributed by atoms with E-state index in [1.807, 2.05) is 39.0 Å². The molecule has 20 heavy (non-hydrogen) atoms. The molecule has 0 saturated carbocycles. The molecule has 2 N–H and O–H groups in total. The zero-order chi connectivity index (χ0) is 14.9. The van der Waals surface area contributed by atoms with Crippen molar-refractivity contribution >= 4 is 11.7 Å². The number of rotatable bonds is 2. The smallest absolute Gasteiger partial charge is 0.256 e. The van der Waals surface area contributed by atoms with Crippen LogP contribution in [-0.4, -0.2) is 16.0 Å².